The molecule has 0 bridgehead atoms. The molecule has 0 aromatic heterocycles. The van der Waals surface area contributed by atoms with Gasteiger partial charge in [-0.25, -0.2) is 0 Å². The van der Waals surface area contributed by atoms with Crippen molar-refractivity contribution in [3.8, 4) is 170 Å². The normalized spacial score (nSPS) is 16.7. The van der Waals surface area contributed by atoms with Crippen LogP contribution in [-0.4, -0.2) is 83.1 Å². The number of terminal acetylenes is 3. The number of fused-ring (bicyclic) bond motifs is 9. The van der Waals surface area contributed by atoms with Crippen molar-refractivity contribution < 1.29 is 81.1 Å². The molecule has 7 aromatic carbocycles. The molecule has 17 nitrogen and oxygen atoms in total. The van der Waals surface area contributed by atoms with E-state index < -0.39 is 57.8 Å². The molecule has 4 N–H and O–H groups in total. The number of benzene rings is 7. The van der Waals surface area contributed by atoms with Crippen LogP contribution in [0.5, 0.6) is 28.7 Å². The van der Waals surface area contributed by atoms with E-state index in [0.717, 1.165) is 33.4 Å². The number of esters is 4. The smallest absolute Gasteiger partial charge is 0.317 e. The van der Waals surface area contributed by atoms with E-state index in [-0.39, 0.29) is 68.4 Å². The number of aliphatic hydroxyl groups is 2. The molecular weight excluding hydrogens is 1290 g/mol. The highest BCUT2D eigenvalue weighted by Gasteiger charge is 2.45. The number of carbonyl (C=O) groups excluding carboxylic acids is 4. The highest BCUT2D eigenvalue weighted by molar-refractivity contribution is 7.75. The monoisotopic (exact) mass is 1350 g/mol. The lowest BCUT2D eigenvalue weighted by Crippen LogP contribution is -2.30. The van der Waals surface area contributed by atoms with Gasteiger partial charge in [0.25, 0.3) is 14.7 Å². The predicted octanol–water partition coefficient (Wildman–Crippen LogP) is 9.79. The topological polar surface area (TPSA) is 256 Å². The number of aliphatic hydroxyl groups excluding tert-OH is 2. The summed E-state index contributed by atoms with van der Waals surface area (Å²) < 4.78 is 73.1. The quantitative estimate of drug-likeness (QED) is 0.0222. The Morgan fingerprint density at radius 1 is 0.515 bits per heavy atom. The first-order valence-corrected chi connectivity index (χ1v) is 34.5. The van der Waals surface area contributed by atoms with Crippen LogP contribution in [0.2, 0.25) is 0 Å². The van der Waals surface area contributed by atoms with E-state index in [4.69, 9.17) is 52.5 Å². The molecule has 5 unspecified atom stereocenters. The van der Waals surface area contributed by atoms with Crippen LogP contribution in [0, 0.1) is 120 Å². The molecule has 5 atom stereocenters. The van der Waals surface area contributed by atoms with E-state index in [1.54, 1.807) is 87.5 Å². The second-order valence-electron chi connectivity index (χ2n) is 20.0. The number of para-hydroxylation sites is 3. The van der Waals surface area contributed by atoms with Crippen LogP contribution in [0.3, 0.4) is 0 Å². The lowest BCUT2D eigenvalue weighted by Gasteiger charge is -2.30. The van der Waals surface area contributed by atoms with Crippen LogP contribution in [0.25, 0.3) is 33.4 Å². The molecule has 11 rings (SSSR count). The van der Waals surface area contributed by atoms with Gasteiger partial charge in [-0.05, 0) is 163 Å². The van der Waals surface area contributed by atoms with Crippen molar-refractivity contribution in [2.24, 2.45) is 11.8 Å². The van der Waals surface area contributed by atoms with E-state index in [2.05, 4.69) is 93.5 Å². The Balaban J connectivity index is 0.000000201. The largest absolute Gasteiger partial charge is 0.508 e. The average molecular weight is 1350 g/mol. The maximum Gasteiger partial charge on any atom is 0.317 e. The van der Waals surface area contributed by atoms with Crippen molar-refractivity contribution in [2.75, 3.05) is 38.8 Å². The van der Waals surface area contributed by atoms with Gasteiger partial charge < -0.3 is 48.2 Å². The number of ether oxygens (including phenoxy) is 3. The number of phenolic OH excluding ortho intramolecular Hbond substituents is 2. The zero-order valence-electron chi connectivity index (χ0n) is 52.6. The van der Waals surface area contributed by atoms with Gasteiger partial charge in [-0.15, -0.1) is 19.3 Å². The Morgan fingerprint density at radius 2 is 0.928 bits per heavy atom. The average Bonchev–Trinajstić information content (AvgIpc) is 0.982. The first-order chi connectivity index (χ1) is 46.9. The van der Waals surface area contributed by atoms with Gasteiger partial charge in [-0.2, -0.15) is 0 Å². The maximum atomic E-state index is 13.9. The maximum absolute atomic E-state index is 13.9. The van der Waals surface area contributed by atoms with Crippen molar-refractivity contribution in [3.63, 3.8) is 0 Å². The van der Waals surface area contributed by atoms with E-state index in [1.807, 2.05) is 78.9 Å². The molecule has 1 saturated heterocycles. The van der Waals surface area contributed by atoms with Crippen molar-refractivity contribution in [3.05, 3.63) is 164 Å². The molecular formula is C77H61O17P3. The summed E-state index contributed by atoms with van der Waals surface area (Å²) in [7, 11) is -10.4. The molecule has 4 heterocycles. The Morgan fingerprint density at radius 3 is 1.40 bits per heavy atom. The number of hydrogen-bond acceptors (Lipinski definition) is 17. The number of aromatic hydroxyl groups is 2. The third-order valence-corrected chi connectivity index (χ3v) is 21.1. The van der Waals surface area contributed by atoms with Crippen molar-refractivity contribution >= 4 is 67.2 Å². The molecule has 7 aromatic rings. The zero-order chi connectivity index (χ0) is 70.2. The standard InChI is InChI=1S/C21H23O8P.C18H13O4P.C17H13O5P.C8H6.C7H4.C6H2/c22-9-11-27-20(24)13-15(21(25)28-12-10-23)14-30(26)19-8-4-2-6-17(19)16-5-1-3-7-18(16)29-30;19-12-9-10-15(20)18(11-12)23(21)17-8-4-2-6-14(17)13-5-1-3-7-16(13)22-23;18-16-9-11(17(19)21-16)10-23(20)15-8-4-2-6-13(15)12-5-1-3-7-14(12)22-23;1-3-5-7-8-6-4-2;1-3-5-7-6-4-2;1-3-5-6-4-2/h1-8,15,22-23H,9-14H2;1-11,19-20H;1-8,11H,9-10H2;1-2H3;1H,2H3;1-2H. The van der Waals surface area contributed by atoms with Gasteiger partial charge in [-0.3, -0.25) is 32.9 Å². The molecule has 0 amide bonds. The highest BCUT2D eigenvalue weighted by Crippen LogP contribution is 2.58. The lowest BCUT2D eigenvalue weighted by atomic mass is 10.0. The second kappa shape index (κ2) is 37.2. The number of rotatable bonds is 12. The van der Waals surface area contributed by atoms with Crippen LogP contribution in [0.1, 0.15) is 33.6 Å². The summed E-state index contributed by atoms with van der Waals surface area (Å²) in [6.07, 6.45) is 13.4. The van der Waals surface area contributed by atoms with Gasteiger partial charge in [0, 0.05) is 16.7 Å². The van der Waals surface area contributed by atoms with Crippen LogP contribution < -0.4 is 34.8 Å². The molecule has 0 aliphatic carbocycles. The van der Waals surface area contributed by atoms with Gasteiger partial charge in [0.05, 0.1) is 71.4 Å². The van der Waals surface area contributed by atoms with Gasteiger partial charge in [-0.1, -0.05) is 127 Å². The predicted molar refractivity (Wildman–Crippen MR) is 372 cm³/mol. The number of phenols is 2. The minimum Gasteiger partial charge on any atom is -0.508 e. The van der Waals surface area contributed by atoms with E-state index in [9.17, 15) is 43.1 Å². The minimum atomic E-state index is -3.58. The van der Waals surface area contributed by atoms with Gasteiger partial charge >= 0.3 is 31.2 Å². The molecule has 0 saturated carbocycles. The molecule has 0 radical (unpaired) electrons. The molecule has 1 fully saturated rings. The molecule has 4 aliphatic heterocycles. The molecule has 4 aliphatic rings. The van der Waals surface area contributed by atoms with Crippen LogP contribution in [-0.2, 0) is 47.1 Å². The second-order valence-corrected chi connectivity index (χ2v) is 27.0. The molecule has 20 heteroatoms. The first-order valence-electron chi connectivity index (χ1n) is 29.3. The van der Waals surface area contributed by atoms with Gasteiger partial charge in [0.2, 0.25) is 0 Å². The molecule has 486 valence electrons. The number of carbonyl (C=O) groups is 4. The summed E-state index contributed by atoms with van der Waals surface area (Å²) in [4.78, 5) is 47.6. The summed E-state index contributed by atoms with van der Waals surface area (Å²) in [6, 6.07) is 47.5. The number of hydrogen-bond donors (Lipinski definition) is 4. The van der Waals surface area contributed by atoms with E-state index in [0.29, 0.717) is 33.2 Å². The third-order valence-electron chi connectivity index (χ3n) is 13.6. The van der Waals surface area contributed by atoms with Gasteiger partial charge in [0.15, 0.2) is 0 Å². The molecule has 0 spiro atoms. The van der Waals surface area contributed by atoms with E-state index in [1.165, 1.54) is 18.2 Å². The van der Waals surface area contributed by atoms with Crippen LogP contribution in [0.4, 0.5) is 0 Å². The summed E-state index contributed by atoms with van der Waals surface area (Å²) in [5.41, 5.74) is 4.92. The van der Waals surface area contributed by atoms with Crippen molar-refractivity contribution in [2.45, 2.75) is 33.6 Å². The SMILES string of the molecule is C#CC#CC#C.C#CC#CC#CC.CC#CC#CC#CC.O=C(CC(CP1(=O)Oc2ccccc2-c2ccccc21)C(=O)OCCO)OCCO.O=C1CC(CP2(=O)Oc3ccccc3-c3ccccc32)C(=O)O1.O=P1(c2cc(O)ccc2O)Oc2ccccc2-c2ccccc21. The Kier molecular flexibility index (Phi) is 28.5. The van der Waals surface area contributed by atoms with Crippen LogP contribution >= 0.6 is 22.1 Å². The van der Waals surface area contributed by atoms with Gasteiger partial charge in [0.1, 0.15) is 42.0 Å². The summed E-state index contributed by atoms with van der Waals surface area (Å²) >= 11 is 0. The first kappa shape index (κ1) is 74.3. The van der Waals surface area contributed by atoms with Crippen LogP contribution in [0.15, 0.2) is 164 Å². The molecule has 97 heavy (non-hydrogen) atoms. The fourth-order valence-corrected chi connectivity index (χ4v) is 17.1. The Labute approximate surface area is 563 Å². The summed E-state index contributed by atoms with van der Waals surface area (Å²) in [5, 5.41) is 39.3. The van der Waals surface area contributed by atoms with Crippen molar-refractivity contribution in [1.82, 2.24) is 0 Å². The zero-order valence-corrected chi connectivity index (χ0v) is 55.3. The minimum absolute atomic E-state index is 0.0249. The lowest BCUT2D eigenvalue weighted by molar-refractivity contribution is -0.155. The number of cyclic esters (lactones) is 2. The fourth-order valence-electron chi connectivity index (χ4n) is 9.60. The fraction of sp³-hybridized carbons (Fsp3) is 0.169. The van der Waals surface area contributed by atoms with Crippen molar-refractivity contribution in [1.29, 1.82) is 0 Å². The summed E-state index contributed by atoms with van der Waals surface area (Å²) in [6.45, 7) is 4.02. The highest BCUT2D eigenvalue weighted by atomic mass is 31.2. The summed E-state index contributed by atoms with van der Waals surface area (Å²) in [5.74, 6) is 32.8. The third kappa shape index (κ3) is 20.1. The Hall–Kier alpha value is -11.7. The van der Waals surface area contributed by atoms with E-state index >= 15 is 0 Å². The Bertz CT molecular complexity index is 4740.